The van der Waals surface area contributed by atoms with Crippen LogP contribution in [0.15, 0.2) is 51.0 Å². The molecule has 1 aromatic carbocycles. The summed E-state index contributed by atoms with van der Waals surface area (Å²) in [4.78, 5) is 43.1. The molecular weight excluding hydrogens is 352 g/mol. The highest BCUT2D eigenvalue weighted by Gasteiger charge is 2.19. The standard InChI is InChI=1S/C18H18N4O3S/c1-2-9-22-16(19)15(17(24)21-18(22)25)13(23)10-26-14-8-7-11-5-3-4-6-12(11)20-14/h3-8H,2,9-10,19H2,1H3,(H,21,24,25). The lowest BCUT2D eigenvalue weighted by molar-refractivity contribution is 0.102. The van der Waals surface area contributed by atoms with Gasteiger partial charge in [-0.1, -0.05) is 43.0 Å². The molecular formula is C18H18N4O3S. The molecule has 0 aliphatic carbocycles. The average Bonchev–Trinajstić information content (AvgIpc) is 2.63. The van der Waals surface area contributed by atoms with Crippen molar-refractivity contribution in [3.05, 3.63) is 62.8 Å². The van der Waals surface area contributed by atoms with Crippen LogP contribution in [-0.2, 0) is 6.54 Å². The minimum atomic E-state index is -0.753. The van der Waals surface area contributed by atoms with Crippen molar-refractivity contribution in [1.29, 1.82) is 0 Å². The molecule has 0 aliphatic heterocycles. The minimum Gasteiger partial charge on any atom is -0.384 e. The number of aromatic amines is 1. The van der Waals surface area contributed by atoms with Crippen LogP contribution in [0, 0.1) is 0 Å². The first-order valence-corrected chi connectivity index (χ1v) is 9.14. The van der Waals surface area contributed by atoms with Crippen LogP contribution in [-0.4, -0.2) is 26.1 Å². The fraction of sp³-hybridized carbons (Fsp3) is 0.222. The molecule has 0 fully saturated rings. The predicted octanol–water partition coefficient (Wildman–Crippen LogP) is 2.05. The molecule has 134 valence electrons. The highest BCUT2D eigenvalue weighted by atomic mass is 32.2. The number of carbonyl (C=O) groups excluding carboxylic acids is 1. The second kappa shape index (κ2) is 7.57. The Labute approximate surface area is 153 Å². The number of benzene rings is 1. The largest absolute Gasteiger partial charge is 0.384 e. The number of rotatable bonds is 6. The average molecular weight is 370 g/mol. The summed E-state index contributed by atoms with van der Waals surface area (Å²) in [7, 11) is 0. The van der Waals surface area contributed by atoms with E-state index in [1.807, 2.05) is 43.3 Å². The van der Waals surface area contributed by atoms with Gasteiger partial charge >= 0.3 is 5.69 Å². The Kier molecular flexibility index (Phi) is 5.22. The lowest BCUT2D eigenvalue weighted by Crippen LogP contribution is -2.36. The lowest BCUT2D eigenvalue weighted by atomic mass is 10.2. The molecule has 8 heteroatoms. The second-order valence-corrected chi connectivity index (χ2v) is 6.72. The van der Waals surface area contributed by atoms with E-state index in [0.29, 0.717) is 18.0 Å². The number of pyridine rings is 1. The van der Waals surface area contributed by atoms with Gasteiger partial charge in [0.2, 0.25) is 0 Å². The fourth-order valence-electron chi connectivity index (χ4n) is 2.64. The molecule has 26 heavy (non-hydrogen) atoms. The number of Topliss-reactive ketones (excluding diaryl/α,β-unsaturated/α-hetero) is 1. The van der Waals surface area contributed by atoms with Crippen LogP contribution in [0.1, 0.15) is 23.7 Å². The van der Waals surface area contributed by atoms with Crippen molar-refractivity contribution in [3.8, 4) is 0 Å². The van der Waals surface area contributed by atoms with Crippen LogP contribution in [0.2, 0.25) is 0 Å². The van der Waals surface area contributed by atoms with Gasteiger partial charge in [-0.3, -0.25) is 19.1 Å². The third-order valence-electron chi connectivity index (χ3n) is 3.89. The number of nitrogens with two attached hydrogens (primary N) is 1. The van der Waals surface area contributed by atoms with Crippen LogP contribution in [0.4, 0.5) is 5.82 Å². The topological polar surface area (TPSA) is 111 Å². The van der Waals surface area contributed by atoms with Crippen molar-refractivity contribution in [2.24, 2.45) is 0 Å². The van der Waals surface area contributed by atoms with Gasteiger partial charge in [-0.25, -0.2) is 9.78 Å². The van der Waals surface area contributed by atoms with E-state index in [2.05, 4.69) is 9.97 Å². The van der Waals surface area contributed by atoms with E-state index in [4.69, 9.17) is 5.73 Å². The first-order valence-electron chi connectivity index (χ1n) is 8.15. The molecule has 3 rings (SSSR count). The fourth-order valence-corrected chi connectivity index (χ4v) is 3.39. The molecule has 0 saturated carbocycles. The maximum absolute atomic E-state index is 12.5. The SMILES string of the molecule is CCCn1c(N)c(C(=O)CSc2ccc3ccccc3n2)c(=O)[nH]c1=O. The van der Waals surface area contributed by atoms with Crippen molar-refractivity contribution in [1.82, 2.24) is 14.5 Å². The molecule has 0 saturated heterocycles. The first-order chi connectivity index (χ1) is 12.5. The third-order valence-corrected chi connectivity index (χ3v) is 4.82. The number of nitrogens with zero attached hydrogens (tertiary/aromatic N) is 2. The Morgan fingerprint density at radius 2 is 2.00 bits per heavy atom. The third kappa shape index (κ3) is 3.55. The molecule has 0 unspecified atom stereocenters. The summed E-state index contributed by atoms with van der Waals surface area (Å²) < 4.78 is 1.22. The van der Waals surface area contributed by atoms with E-state index in [1.165, 1.54) is 16.3 Å². The van der Waals surface area contributed by atoms with Crippen molar-refractivity contribution < 1.29 is 4.79 Å². The molecule has 0 aliphatic rings. The van der Waals surface area contributed by atoms with Crippen LogP contribution < -0.4 is 17.0 Å². The molecule has 2 aromatic heterocycles. The number of hydrogen-bond donors (Lipinski definition) is 2. The molecule has 0 atom stereocenters. The molecule has 0 radical (unpaired) electrons. The summed E-state index contributed by atoms with van der Waals surface area (Å²) in [5.74, 6) is -0.519. The van der Waals surface area contributed by atoms with Crippen molar-refractivity contribution >= 4 is 34.3 Å². The number of nitrogens with one attached hydrogen (secondary N) is 1. The maximum Gasteiger partial charge on any atom is 0.329 e. The number of aromatic nitrogens is 3. The van der Waals surface area contributed by atoms with Gasteiger partial charge in [-0.15, -0.1) is 0 Å². The van der Waals surface area contributed by atoms with E-state index in [1.54, 1.807) is 0 Å². The number of nitrogen functional groups attached to an aromatic ring is 1. The molecule has 2 heterocycles. The minimum absolute atomic E-state index is 0.00293. The van der Waals surface area contributed by atoms with Crippen molar-refractivity contribution in [2.75, 3.05) is 11.5 Å². The zero-order chi connectivity index (χ0) is 18.7. The molecule has 0 amide bonds. The Morgan fingerprint density at radius 3 is 2.77 bits per heavy atom. The monoisotopic (exact) mass is 370 g/mol. The normalized spacial score (nSPS) is 11.0. The van der Waals surface area contributed by atoms with Gasteiger partial charge in [-0.05, 0) is 18.6 Å². The number of para-hydroxylation sites is 1. The van der Waals surface area contributed by atoms with E-state index in [0.717, 1.165) is 10.9 Å². The molecule has 3 aromatic rings. The molecule has 0 spiro atoms. The molecule has 3 N–H and O–H groups in total. The van der Waals surface area contributed by atoms with Crippen LogP contribution in [0.5, 0.6) is 0 Å². The Hall–Kier alpha value is -2.87. The highest BCUT2D eigenvalue weighted by molar-refractivity contribution is 7.99. The summed E-state index contributed by atoms with van der Waals surface area (Å²) >= 11 is 1.22. The van der Waals surface area contributed by atoms with Crippen LogP contribution in [0.3, 0.4) is 0 Å². The smallest absolute Gasteiger partial charge is 0.329 e. The van der Waals surface area contributed by atoms with E-state index < -0.39 is 17.0 Å². The van der Waals surface area contributed by atoms with Gasteiger partial charge in [-0.2, -0.15) is 0 Å². The van der Waals surface area contributed by atoms with E-state index >= 15 is 0 Å². The zero-order valence-electron chi connectivity index (χ0n) is 14.2. The number of anilines is 1. The Bertz CT molecular complexity index is 1090. The summed E-state index contributed by atoms with van der Waals surface area (Å²) in [6.07, 6.45) is 0.652. The van der Waals surface area contributed by atoms with Gasteiger partial charge in [0.25, 0.3) is 5.56 Å². The number of thioether (sulfide) groups is 1. The molecule has 7 nitrogen and oxygen atoms in total. The van der Waals surface area contributed by atoms with Crippen molar-refractivity contribution in [2.45, 2.75) is 24.9 Å². The Morgan fingerprint density at radius 1 is 1.23 bits per heavy atom. The summed E-state index contributed by atoms with van der Waals surface area (Å²) in [6, 6.07) is 11.4. The number of hydrogen-bond acceptors (Lipinski definition) is 6. The van der Waals surface area contributed by atoms with Gasteiger partial charge in [0.15, 0.2) is 5.78 Å². The zero-order valence-corrected chi connectivity index (χ0v) is 15.0. The molecule has 0 bridgehead atoms. The van der Waals surface area contributed by atoms with Gasteiger partial charge in [0.05, 0.1) is 16.3 Å². The highest BCUT2D eigenvalue weighted by Crippen LogP contribution is 2.21. The summed E-state index contributed by atoms with van der Waals surface area (Å²) in [5, 5.41) is 1.68. The number of fused-ring (bicyclic) bond motifs is 1. The van der Waals surface area contributed by atoms with Crippen LogP contribution >= 0.6 is 11.8 Å². The number of H-pyrrole nitrogens is 1. The van der Waals surface area contributed by atoms with Gasteiger partial charge in [0, 0.05) is 11.9 Å². The maximum atomic E-state index is 12.5. The first kappa shape index (κ1) is 17.9. The van der Waals surface area contributed by atoms with Crippen LogP contribution in [0.25, 0.3) is 10.9 Å². The van der Waals surface area contributed by atoms with E-state index in [9.17, 15) is 14.4 Å². The summed E-state index contributed by atoms with van der Waals surface area (Å²) in [6.45, 7) is 2.21. The van der Waals surface area contributed by atoms with Crippen molar-refractivity contribution in [3.63, 3.8) is 0 Å². The Balaban J connectivity index is 1.84. The lowest BCUT2D eigenvalue weighted by Gasteiger charge is -2.11. The second-order valence-electron chi connectivity index (χ2n) is 5.73. The number of carbonyl (C=O) groups is 1. The predicted molar refractivity (Wildman–Crippen MR) is 103 cm³/mol. The van der Waals surface area contributed by atoms with Gasteiger partial charge in [0.1, 0.15) is 11.4 Å². The van der Waals surface area contributed by atoms with Gasteiger partial charge < -0.3 is 5.73 Å². The van der Waals surface area contributed by atoms with E-state index in [-0.39, 0.29) is 17.1 Å². The summed E-state index contributed by atoms with van der Waals surface area (Å²) in [5.41, 5.74) is 5.22. The number of ketones is 1. The quantitative estimate of drug-likeness (QED) is 0.507.